The number of carbonyl (C=O) groups is 1. The molecule has 0 aliphatic carbocycles. The molecule has 0 aliphatic rings. The first-order valence-corrected chi connectivity index (χ1v) is 8.47. The fraction of sp³-hybridized carbons (Fsp3) is 0.0870. The highest BCUT2D eigenvalue weighted by atomic mass is 16.5. The lowest BCUT2D eigenvalue weighted by atomic mass is 9.91. The summed E-state index contributed by atoms with van der Waals surface area (Å²) >= 11 is 0. The molecule has 0 spiro atoms. The average Bonchev–Trinajstić information content (AvgIpc) is 2.68. The number of fused-ring (bicyclic) bond motifs is 3. The molecule has 0 heterocycles. The molecule has 2 heteroatoms. The van der Waals surface area contributed by atoms with E-state index in [0.717, 1.165) is 21.5 Å². The van der Waals surface area contributed by atoms with E-state index in [4.69, 9.17) is 4.74 Å². The molecule has 0 radical (unpaired) electrons. The van der Waals surface area contributed by atoms with Gasteiger partial charge in [-0.05, 0) is 23.1 Å². The van der Waals surface area contributed by atoms with Crippen molar-refractivity contribution in [3.05, 3.63) is 90.0 Å². The van der Waals surface area contributed by atoms with E-state index in [1.807, 2.05) is 73.7 Å². The lowest BCUT2D eigenvalue weighted by Gasteiger charge is -2.16. The Morgan fingerprint density at radius 1 is 0.720 bits per heavy atom. The number of carbonyl (C=O) groups excluding carboxylic acids is 1. The van der Waals surface area contributed by atoms with E-state index < -0.39 is 0 Å². The zero-order chi connectivity index (χ0) is 17.2. The van der Waals surface area contributed by atoms with Gasteiger partial charge in [-0.15, -0.1) is 0 Å². The van der Waals surface area contributed by atoms with E-state index in [0.29, 0.717) is 23.5 Å². The van der Waals surface area contributed by atoms with E-state index >= 15 is 0 Å². The quantitative estimate of drug-likeness (QED) is 0.359. The predicted octanol–water partition coefficient (Wildman–Crippen LogP) is 5.62. The Morgan fingerprint density at radius 3 is 1.88 bits per heavy atom. The maximum atomic E-state index is 13.3. The summed E-state index contributed by atoms with van der Waals surface area (Å²) in [5, 5.41) is 4.08. The number of rotatable bonds is 4. The van der Waals surface area contributed by atoms with Crippen LogP contribution in [-0.4, -0.2) is 12.4 Å². The van der Waals surface area contributed by atoms with Crippen LogP contribution in [-0.2, 0) is 0 Å². The molecule has 0 amide bonds. The number of ketones is 1. The van der Waals surface area contributed by atoms with Crippen molar-refractivity contribution in [2.24, 2.45) is 0 Å². The highest BCUT2D eigenvalue weighted by Crippen LogP contribution is 2.39. The van der Waals surface area contributed by atoms with E-state index in [1.54, 1.807) is 0 Å². The molecule has 0 saturated heterocycles. The van der Waals surface area contributed by atoms with Crippen LogP contribution in [0.2, 0.25) is 0 Å². The summed E-state index contributed by atoms with van der Waals surface area (Å²) < 4.78 is 5.98. The van der Waals surface area contributed by atoms with Crippen molar-refractivity contribution in [3.63, 3.8) is 0 Å². The summed E-state index contributed by atoms with van der Waals surface area (Å²) in [4.78, 5) is 13.3. The highest BCUT2D eigenvalue weighted by Gasteiger charge is 2.21. The topological polar surface area (TPSA) is 26.3 Å². The first kappa shape index (κ1) is 15.4. The van der Waals surface area contributed by atoms with Gasteiger partial charge in [0.1, 0.15) is 5.75 Å². The Labute approximate surface area is 146 Å². The molecule has 0 N–H and O–H groups in total. The first-order chi connectivity index (χ1) is 12.3. The largest absolute Gasteiger partial charge is 0.492 e. The number of ether oxygens (including phenoxy) is 1. The molecule has 0 saturated carbocycles. The standard InChI is InChI=1S/C23H18O2/c1-2-25-23-20-15-9-7-13-18(20)17-12-6-8-14-19(17)21(23)22(24)16-10-4-3-5-11-16/h3-15H,2H2,1H3. The molecule has 122 valence electrons. The normalized spacial score (nSPS) is 10.9. The Bertz CT molecular complexity index is 1070. The highest BCUT2D eigenvalue weighted by molar-refractivity contribution is 6.25. The summed E-state index contributed by atoms with van der Waals surface area (Å²) in [6.45, 7) is 2.46. The maximum Gasteiger partial charge on any atom is 0.197 e. The molecule has 0 bridgehead atoms. The Morgan fingerprint density at radius 2 is 1.24 bits per heavy atom. The van der Waals surface area contributed by atoms with Gasteiger partial charge in [-0.2, -0.15) is 0 Å². The molecule has 0 aliphatic heterocycles. The van der Waals surface area contributed by atoms with Gasteiger partial charge in [-0.1, -0.05) is 78.9 Å². The second kappa shape index (κ2) is 6.40. The predicted molar refractivity (Wildman–Crippen MR) is 102 cm³/mol. The monoisotopic (exact) mass is 326 g/mol. The fourth-order valence-corrected chi connectivity index (χ4v) is 3.36. The Hall–Kier alpha value is -3.13. The summed E-state index contributed by atoms with van der Waals surface area (Å²) in [7, 11) is 0. The van der Waals surface area contributed by atoms with Gasteiger partial charge in [-0.3, -0.25) is 4.79 Å². The van der Waals surface area contributed by atoms with Gasteiger partial charge in [0.2, 0.25) is 0 Å². The van der Waals surface area contributed by atoms with Gasteiger partial charge >= 0.3 is 0 Å². The van der Waals surface area contributed by atoms with Crippen LogP contribution < -0.4 is 4.74 Å². The minimum atomic E-state index is -0.00833. The van der Waals surface area contributed by atoms with Crippen molar-refractivity contribution in [1.29, 1.82) is 0 Å². The van der Waals surface area contributed by atoms with Crippen molar-refractivity contribution in [1.82, 2.24) is 0 Å². The minimum Gasteiger partial charge on any atom is -0.492 e. The van der Waals surface area contributed by atoms with Crippen LogP contribution >= 0.6 is 0 Å². The molecule has 4 aromatic rings. The lowest BCUT2D eigenvalue weighted by Crippen LogP contribution is -2.07. The summed E-state index contributed by atoms with van der Waals surface area (Å²) in [6, 6.07) is 25.5. The third-order valence-corrected chi connectivity index (χ3v) is 4.44. The van der Waals surface area contributed by atoms with E-state index in [-0.39, 0.29) is 5.78 Å². The van der Waals surface area contributed by atoms with Crippen LogP contribution in [0.25, 0.3) is 21.5 Å². The van der Waals surface area contributed by atoms with Gasteiger partial charge in [0, 0.05) is 10.9 Å². The number of benzene rings is 4. The van der Waals surface area contributed by atoms with Gasteiger partial charge in [0.15, 0.2) is 5.78 Å². The molecular weight excluding hydrogens is 308 g/mol. The van der Waals surface area contributed by atoms with Gasteiger partial charge < -0.3 is 4.74 Å². The zero-order valence-corrected chi connectivity index (χ0v) is 14.0. The maximum absolute atomic E-state index is 13.3. The molecule has 0 atom stereocenters. The van der Waals surface area contributed by atoms with E-state index in [1.165, 1.54) is 0 Å². The van der Waals surface area contributed by atoms with Crippen LogP contribution in [0.1, 0.15) is 22.8 Å². The zero-order valence-electron chi connectivity index (χ0n) is 14.0. The second-order valence-corrected chi connectivity index (χ2v) is 5.92. The molecule has 2 nitrogen and oxygen atoms in total. The minimum absolute atomic E-state index is 0.00833. The van der Waals surface area contributed by atoms with Crippen LogP contribution in [0.5, 0.6) is 5.75 Å². The smallest absolute Gasteiger partial charge is 0.197 e. The molecule has 25 heavy (non-hydrogen) atoms. The van der Waals surface area contributed by atoms with Crippen molar-refractivity contribution >= 4 is 27.3 Å². The lowest BCUT2D eigenvalue weighted by molar-refractivity contribution is 0.103. The van der Waals surface area contributed by atoms with Crippen molar-refractivity contribution < 1.29 is 9.53 Å². The number of hydrogen-bond donors (Lipinski definition) is 0. The molecular formula is C23H18O2. The van der Waals surface area contributed by atoms with Gasteiger partial charge in [0.25, 0.3) is 0 Å². The summed E-state index contributed by atoms with van der Waals surface area (Å²) in [5.41, 5.74) is 1.31. The van der Waals surface area contributed by atoms with Gasteiger partial charge in [0.05, 0.1) is 12.2 Å². The Balaban J connectivity index is 2.13. The van der Waals surface area contributed by atoms with Crippen molar-refractivity contribution in [2.45, 2.75) is 6.92 Å². The molecule has 4 aromatic carbocycles. The third kappa shape index (κ3) is 2.56. The molecule has 0 aromatic heterocycles. The number of hydrogen-bond acceptors (Lipinski definition) is 2. The van der Waals surface area contributed by atoms with E-state index in [2.05, 4.69) is 12.1 Å². The SMILES string of the molecule is CCOc1c(C(=O)c2ccccc2)c2ccccc2c2ccccc12. The van der Waals surface area contributed by atoms with E-state index in [9.17, 15) is 4.79 Å². The van der Waals surface area contributed by atoms with Crippen LogP contribution in [0.4, 0.5) is 0 Å². The average molecular weight is 326 g/mol. The Kier molecular flexibility index (Phi) is 3.95. The molecule has 0 unspecified atom stereocenters. The van der Waals surface area contributed by atoms with Crippen molar-refractivity contribution in [3.8, 4) is 5.75 Å². The third-order valence-electron chi connectivity index (χ3n) is 4.44. The summed E-state index contributed by atoms with van der Waals surface area (Å²) in [6.07, 6.45) is 0. The molecule has 0 fully saturated rings. The summed E-state index contributed by atoms with van der Waals surface area (Å²) in [5.74, 6) is 0.664. The molecule has 4 rings (SSSR count). The van der Waals surface area contributed by atoms with Crippen LogP contribution in [0, 0.1) is 0 Å². The first-order valence-electron chi connectivity index (χ1n) is 8.47. The second-order valence-electron chi connectivity index (χ2n) is 5.92. The van der Waals surface area contributed by atoms with Crippen LogP contribution in [0.3, 0.4) is 0 Å². The van der Waals surface area contributed by atoms with Crippen LogP contribution in [0.15, 0.2) is 78.9 Å². The van der Waals surface area contributed by atoms with Gasteiger partial charge in [-0.25, -0.2) is 0 Å². The fourth-order valence-electron chi connectivity index (χ4n) is 3.36. The van der Waals surface area contributed by atoms with Crippen molar-refractivity contribution in [2.75, 3.05) is 6.61 Å².